The van der Waals surface area contributed by atoms with Gasteiger partial charge in [0.05, 0.1) is 30.7 Å². The van der Waals surface area contributed by atoms with E-state index in [1.54, 1.807) is 37.6 Å². The van der Waals surface area contributed by atoms with Crippen LogP contribution in [0.1, 0.15) is 0 Å². The molecule has 0 radical (unpaired) electrons. The van der Waals surface area contributed by atoms with E-state index in [0.717, 1.165) is 24.5 Å². The molecule has 3 N–H and O–H groups in total. The molecule has 0 aliphatic rings. The van der Waals surface area contributed by atoms with Gasteiger partial charge >= 0.3 is 0 Å². The summed E-state index contributed by atoms with van der Waals surface area (Å²) in [5, 5.41) is 9.26. The Bertz CT molecular complexity index is 1250. The van der Waals surface area contributed by atoms with Gasteiger partial charge in [-0.1, -0.05) is 18.7 Å². The summed E-state index contributed by atoms with van der Waals surface area (Å²) < 4.78 is 5.64. The number of hydrogen-bond donors (Lipinski definition) is 3. The summed E-state index contributed by atoms with van der Waals surface area (Å²) in [6, 6.07) is 12.5. The number of hydrogen-bond acceptors (Lipinski definition) is 8. The number of rotatable bonds is 11. The summed E-state index contributed by atoms with van der Waals surface area (Å²) in [4.78, 5) is 28.5. The van der Waals surface area contributed by atoms with E-state index >= 15 is 0 Å². The molecule has 10 heteroatoms. The van der Waals surface area contributed by atoms with Gasteiger partial charge in [0.2, 0.25) is 11.9 Å². The fourth-order valence-corrected chi connectivity index (χ4v) is 3.28. The van der Waals surface area contributed by atoms with Gasteiger partial charge in [-0.3, -0.25) is 4.79 Å². The number of benzene rings is 2. The van der Waals surface area contributed by atoms with Gasteiger partial charge in [-0.05, 0) is 44.4 Å². The van der Waals surface area contributed by atoms with Crippen LogP contribution in [0.25, 0.3) is 4.85 Å². The van der Waals surface area contributed by atoms with Crippen LogP contribution in [-0.2, 0) is 4.79 Å². The molecule has 3 aromatic rings. The van der Waals surface area contributed by atoms with Crippen LogP contribution in [0.5, 0.6) is 5.75 Å². The molecular formula is C26H30N8O2. The molecule has 1 heterocycles. The third-order valence-corrected chi connectivity index (χ3v) is 5.23. The Morgan fingerprint density at radius 2 is 1.86 bits per heavy atom. The van der Waals surface area contributed by atoms with Crippen LogP contribution in [0.3, 0.4) is 0 Å². The smallest absolute Gasteiger partial charge is 0.247 e. The average Bonchev–Trinajstić information content (AvgIpc) is 2.88. The molecular weight excluding hydrogens is 456 g/mol. The molecule has 0 spiro atoms. The van der Waals surface area contributed by atoms with Gasteiger partial charge in [0.15, 0.2) is 5.69 Å². The number of nitrogens with zero attached hydrogens (tertiary/aromatic N) is 5. The monoisotopic (exact) mass is 486 g/mol. The van der Waals surface area contributed by atoms with Crippen LogP contribution < -0.4 is 25.6 Å². The lowest BCUT2D eigenvalue weighted by atomic mass is 10.2. The first-order valence-corrected chi connectivity index (χ1v) is 11.2. The fraction of sp³-hybridized carbons (Fsp3) is 0.231. The highest BCUT2D eigenvalue weighted by atomic mass is 16.5. The standard InChI is InChI=1S/C26H30N8O2/c1-7-25(35)30-20-16-21(23(36-6)17-22(20)34(5)15-14-33(3)4)31-26-28-13-12-24(32-26)29-19-10-8-18(27-2)9-11-19/h7-13,16-17H,1,14-15H2,3-6H3,(H,30,35)(H2,28,29,31,32). The van der Waals surface area contributed by atoms with Crippen molar-refractivity contribution in [1.82, 2.24) is 14.9 Å². The molecule has 0 unspecified atom stereocenters. The molecule has 2 aromatic carbocycles. The normalized spacial score (nSPS) is 10.3. The first-order valence-electron chi connectivity index (χ1n) is 11.2. The molecule has 0 aliphatic carbocycles. The topological polar surface area (TPSA) is 99.0 Å². The molecule has 36 heavy (non-hydrogen) atoms. The number of carbonyl (C=O) groups is 1. The van der Waals surface area contributed by atoms with Gasteiger partial charge in [0.25, 0.3) is 0 Å². The van der Waals surface area contributed by atoms with Crippen molar-refractivity contribution in [1.29, 1.82) is 0 Å². The maximum Gasteiger partial charge on any atom is 0.247 e. The summed E-state index contributed by atoms with van der Waals surface area (Å²) in [5.74, 6) is 1.16. The molecule has 0 aliphatic heterocycles. The first-order chi connectivity index (χ1) is 17.3. The van der Waals surface area contributed by atoms with Crippen molar-refractivity contribution in [3.63, 3.8) is 0 Å². The Morgan fingerprint density at radius 1 is 1.11 bits per heavy atom. The van der Waals surface area contributed by atoms with Crippen molar-refractivity contribution in [2.24, 2.45) is 0 Å². The minimum absolute atomic E-state index is 0.319. The predicted octanol–water partition coefficient (Wildman–Crippen LogP) is 4.65. The van der Waals surface area contributed by atoms with E-state index in [-0.39, 0.29) is 5.91 Å². The largest absolute Gasteiger partial charge is 0.494 e. The number of ether oxygens (including phenoxy) is 1. The van der Waals surface area contributed by atoms with E-state index in [9.17, 15) is 4.79 Å². The van der Waals surface area contributed by atoms with E-state index in [2.05, 4.69) is 42.2 Å². The molecule has 1 aromatic heterocycles. The summed E-state index contributed by atoms with van der Waals surface area (Å²) in [5.41, 5.74) is 3.34. The van der Waals surface area contributed by atoms with Crippen LogP contribution >= 0.6 is 0 Å². The Kier molecular flexibility index (Phi) is 8.80. The number of amides is 1. The van der Waals surface area contributed by atoms with Crippen molar-refractivity contribution in [2.75, 3.05) is 62.2 Å². The molecule has 10 nitrogen and oxygen atoms in total. The maximum atomic E-state index is 12.1. The number of likely N-dealkylation sites (N-methyl/N-ethyl adjacent to an activating group) is 2. The van der Waals surface area contributed by atoms with E-state index in [4.69, 9.17) is 11.3 Å². The number of methoxy groups -OCH3 is 1. The Balaban J connectivity index is 1.89. The lowest BCUT2D eigenvalue weighted by Gasteiger charge is -2.26. The second-order valence-corrected chi connectivity index (χ2v) is 8.16. The highest BCUT2D eigenvalue weighted by Crippen LogP contribution is 2.38. The summed E-state index contributed by atoms with van der Waals surface area (Å²) in [6.45, 7) is 12.2. The van der Waals surface area contributed by atoms with Gasteiger partial charge in [0, 0.05) is 38.1 Å². The van der Waals surface area contributed by atoms with Gasteiger partial charge in [-0.2, -0.15) is 4.98 Å². The van der Waals surface area contributed by atoms with E-state index in [1.807, 2.05) is 44.2 Å². The third kappa shape index (κ3) is 6.94. The molecule has 0 saturated carbocycles. The molecule has 186 valence electrons. The zero-order chi connectivity index (χ0) is 26.1. The summed E-state index contributed by atoms with van der Waals surface area (Å²) in [7, 11) is 7.55. The minimum atomic E-state index is -0.319. The molecule has 1 amide bonds. The second kappa shape index (κ2) is 12.2. The van der Waals surface area contributed by atoms with Crippen molar-refractivity contribution in [2.45, 2.75) is 0 Å². The van der Waals surface area contributed by atoms with E-state index < -0.39 is 0 Å². The first kappa shape index (κ1) is 26.0. The lowest BCUT2D eigenvalue weighted by molar-refractivity contribution is -0.111. The van der Waals surface area contributed by atoms with Gasteiger partial charge < -0.3 is 30.5 Å². The quantitative estimate of drug-likeness (QED) is 0.266. The summed E-state index contributed by atoms with van der Waals surface area (Å²) >= 11 is 0. The zero-order valence-electron chi connectivity index (χ0n) is 20.9. The van der Waals surface area contributed by atoms with Crippen LogP contribution in [0.15, 0.2) is 61.3 Å². The lowest BCUT2D eigenvalue weighted by Crippen LogP contribution is -2.29. The number of anilines is 6. The molecule has 0 atom stereocenters. The van der Waals surface area contributed by atoms with Crippen LogP contribution in [0.2, 0.25) is 0 Å². The molecule has 0 bridgehead atoms. The van der Waals surface area contributed by atoms with E-state index in [0.29, 0.717) is 34.6 Å². The van der Waals surface area contributed by atoms with Gasteiger partial charge in [-0.15, -0.1) is 0 Å². The highest BCUT2D eigenvalue weighted by molar-refractivity contribution is 6.02. The summed E-state index contributed by atoms with van der Waals surface area (Å²) in [6.07, 6.45) is 2.85. The van der Waals surface area contributed by atoms with Crippen LogP contribution in [-0.4, -0.2) is 62.1 Å². The minimum Gasteiger partial charge on any atom is -0.494 e. The Morgan fingerprint density at radius 3 is 2.50 bits per heavy atom. The van der Waals surface area contributed by atoms with E-state index in [1.165, 1.54) is 6.08 Å². The van der Waals surface area contributed by atoms with Crippen molar-refractivity contribution < 1.29 is 9.53 Å². The number of carbonyl (C=O) groups excluding carboxylic acids is 1. The maximum absolute atomic E-state index is 12.1. The molecule has 0 saturated heterocycles. The van der Waals surface area contributed by atoms with Crippen molar-refractivity contribution >= 4 is 46.1 Å². The molecule has 3 rings (SSSR count). The molecule has 0 fully saturated rings. The van der Waals surface area contributed by atoms with Crippen LogP contribution in [0.4, 0.5) is 40.2 Å². The van der Waals surface area contributed by atoms with Gasteiger partial charge in [0.1, 0.15) is 11.6 Å². The number of aromatic nitrogens is 2. The average molecular weight is 487 g/mol. The Labute approximate surface area is 211 Å². The second-order valence-electron chi connectivity index (χ2n) is 8.16. The highest BCUT2D eigenvalue weighted by Gasteiger charge is 2.16. The fourth-order valence-electron chi connectivity index (χ4n) is 3.28. The Hall–Kier alpha value is -4.62. The van der Waals surface area contributed by atoms with Crippen molar-refractivity contribution in [3.8, 4) is 5.75 Å². The SMILES string of the molecule is [C-]#[N+]c1ccc(Nc2ccnc(Nc3cc(NC(=O)C=C)c(N(C)CCN(C)C)cc3OC)n2)cc1. The third-order valence-electron chi connectivity index (χ3n) is 5.23. The number of nitrogens with one attached hydrogen (secondary N) is 3. The zero-order valence-corrected chi connectivity index (χ0v) is 20.9. The predicted molar refractivity (Wildman–Crippen MR) is 145 cm³/mol. The van der Waals surface area contributed by atoms with Gasteiger partial charge in [-0.25, -0.2) is 9.83 Å². The van der Waals surface area contributed by atoms with Crippen molar-refractivity contribution in [3.05, 3.63) is 72.7 Å². The van der Waals surface area contributed by atoms with Crippen LogP contribution in [0, 0.1) is 6.57 Å².